The number of rotatable bonds is 6. The first-order valence-electron chi connectivity index (χ1n) is 9.51. The van der Waals surface area contributed by atoms with E-state index in [-0.39, 0.29) is 17.7 Å². The highest BCUT2D eigenvalue weighted by Gasteiger charge is 2.34. The number of hydrogen-bond acceptors (Lipinski definition) is 2. The Bertz CT molecular complexity index is 648. The third-order valence-corrected chi connectivity index (χ3v) is 5.30. The standard InChI is InChI=1S/C21H28N2O2/c1-2-16-8-10-19(11-9-16)22-21(25)18-14-20(24)23(15-18)13-12-17-6-4-3-5-7-17/h6,8-11,18H,2-5,7,12-15H2,1H3,(H,22,25). The van der Waals surface area contributed by atoms with E-state index in [4.69, 9.17) is 0 Å². The minimum absolute atomic E-state index is 0.0445. The van der Waals surface area contributed by atoms with E-state index >= 15 is 0 Å². The minimum Gasteiger partial charge on any atom is -0.342 e. The number of aryl methyl sites for hydroxylation is 1. The van der Waals surface area contributed by atoms with Gasteiger partial charge in [-0.25, -0.2) is 0 Å². The fourth-order valence-electron chi connectivity index (χ4n) is 3.64. The summed E-state index contributed by atoms with van der Waals surface area (Å²) >= 11 is 0. The number of carbonyl (C=O) groups excluding carboxylic acids is 2. The van der Waals surface area contributed by atoms with Gasteiger partial charge < -0.3 is 10.2 Å². The Labute approximate surface area is 150 Å². The van der Waals surface area contributed by atoms with Crippen molar-refractivity contribution in [3.63, 3.8) is 0 Å². The van der Waals surface area contributed by atoms with Crippen LogP contribution in [0.3, 0.4) is 0 Å². The molecule has 1 unspecified atom stereocenters. The van der Waals surface area contributed by atoms with E-state index in [0.717, 1.165) is 25.1 Å². The maximum absolute atomic E-state index is 12.5. The van der Waals surface area contributed by atoms with Crippen LogP contribution in [0.4, 0.5) is 5.69 Å². The highest BCUT2D eigenvalue weighted by atomic mass is 16.2. The summed E-state index contributed by atoms with van der Waals surface area (Å²) in [5.74, 6) is -0.173. The van der Waals surface area contributed by atoms with Crippen molar-refractivity contribution in [2.24, 2.45) is 5.92 Å². The van der Waals surface area contributed by atoms with Crippen molar-refractivity contribution in [3.8, 4) is 0 Å². The molecule has 3 rings (SSSR count). The molecular weight excluding hydrogens is 312 g/mol. The molecule has 2 aliphatic rings. The molecule has 4 heteroatoms. The first-order valence-corrected chi connectivity index (χ1v) is 9.51. The van der Waals surface area contributed by atoms with Crippen LogP contribution in [0, 0.1) is 5.92 Å². The van der Waals surface area contributed by atoms with Crippen molar-refractivity contribution >= 4 is 17.5 Å². The van der Waals surface area contributed by atoms with Gasteiger partial charge in [-0.05, 0) is 56.2 Å². The van der Waals surface area contributed by atoms with Gasteiger partial charge in [-0.2, -0.15) is 0 Å². The van der Waals surface area contributed by atoms with Crippen LogP contribution < -0.4 is 5.32 Å². The van der Waals surface area contributed by atoms with Gasteiger partial charge in [0.1, 0.15) is 0 Å². The summed E-state index contributed by atoms with van der Waals surface area (Å²) in [6, 6.07) is 7.92. The lowest BCUT2D eigenvalue weighted by atomic mass is 9.97. The van der Waals surface area contributed by atoms with Crippen molar-refractivity contribution in [1.82, 2.24) is 4.90 Å². The molecule has 1 fully saturated rings. The fourth-order valence-corrected chi connectivity index (χ4v) is 3.64. The molecule has 25 heavy (non-hydrogen) atoms. The topological polar surface area (TPSA) is 49.4 Å². The van der Waals surface area contributed by atoms with E-state index in [1.807, 2.05) is 29.2 Å². The predicted molar refractivity (Wildman–Crippen MR) is 100 cm³/mol. The van der Waals surface area contributed by atoms with Crippen LogP contribution >= 0.6 is 0 Å². The Morgan fingerprint density at radius 3 is 2.72 bits per heavy atom. The summed E-state index contributed by atoms with van der Waals surface area (Å²) in [6.45, 7) is 3.40. The quantitative estimate of drug-likeness (QED) is 0.798. The molecule has 1 atom stereocenters. The Hall–Kier alpha value is -2.10. The van der Waals surface area contributed by atoms with Crippen molar-refractivity contribution in [2.75, 3.05) is 18.4 Å². The molecule has 0 radical (unpaired) electrons. The van der Waals surface area contributed by atoms with Gasteiger partial charge >= 0.3 is 0 Å². The summed E-state index contributed by atoms with van der Waals surface area (Å²) in [4.78, 5) is 26.6. The van der Waals surface area contributed by atoms with Gasteiger partial charge in [-0.1, -0.05) is 30.7 Å². The monoisotopic (exact) mass is 340 g/mol. The second-order valence-corrected chi connectivity index (χ2v) is 7.14. The summed E-state index contributed by atoms with van der Waals surface area (Å²) in [7, 11) is 0. The lowest BCUT2D eigenvalue weighted by molar-refractivity contribution is -0.128. The van der Waals surface area contributed by atoms with Crippen LogP contribution in [0.2, 0.25) is 0 Å². The summed E-state index contributed by atoms with van der Waals surface area (Å²) < 4.78 is 0. The van der Waals surface area contributed by atoms with Crippen LogP contribution in [0.5, 0.6) is 0 Å². The number of benzene rings is 1. The molecule has 1 saturated heterocycles. The number of nitrogens with one attached hydrogen (secondary N) is 1. The molecule has 1 aromatic rings. The number of anilines is 1. The van der Waals surface area contributed by atoms with Gasteiger partial charge in [-0.15, -0.1) is 0 Å². The van der Waals surface area contributed by atoms with Gasteiger partial charge in [0, 0.05) is 25.2 Å². The third kappa shape index (κ3) is 4.71. The maximum Gasteiger partial charge on any atom is 0.229 e. The zero-order valence-corrected chi connectivity index (χ0v) is 15.1. The molecular formula is C21H28N2O2. The molecule has 1 aliphatic heterocycles. The summed E-state index contributed by atoms with van der Waals surface area (Å²) in [5.41, 5.74) is 3.53. The lowest BCUT2D eigenvalue weighted by Gasteiger charge is -2.19. The largest absolute Gasteiger partial charge is 0.342 e. The van der Waals surface area contributed by atoms with E-state index in [1.54, 1.807) is 0 Å². The Balaban J connectivity index is 1.50. The highest BCUT2D eigenvalue weighted by Crippen LogP contribution is 2.24. The Kier molecular flexibility index (Phi) is 5.90. The van der Waals surface area contributed by atoms with E-state index in [1.165, 1.54) is 36.8 Å². The van der Waals surface area contributed by atoms with Crippen molar-refractivity contribution < 1.29 is 9.59 Å². The molecule has 0 aromatic heterocycles. The van der Waals surface area contributed by atoms with Gasteiger partial charge in [0.2, 0.25) is 11.8 Å². The van der Waals surface area contributed by atoms with Crippen molar-refractivity contribution in [3.05, 3.63) is 41.5 Å². The average Bonchev–Trinajstić information content (AvgIpc) is 3.02. The van der Waals surface area contributed by atoms with E-state index in [0.29, 0.717) is 13.0 Å². The fraction of sp³-hybridized carbons (Fsp3) is 0.524. The van der Waals surface area contributed by atoms with Gasteiger partial charge in [-0.3, -0.25) is 9.59 Å². The summed E-state index contributed by atoms with van der Waals surface area (Å²) in [5, 5.41) is 2.95. The molecule has 0 bridgehead atoms. The molecule has 0 spiro atoms. The second kappa shape index (κ2) is 8.32. The summed E-state index contributed by atoms with van der Waals surface area (Å²) in [6.07, 6.45) is 9.49. The Morgan fingerprint density at radius 2 is 2.04 bits per heavy atom. The zero-order valence-electron chi connectivity index (χ0n) is 15.1. The minimum atomic E-state index is -0.237. The second-order valence-electron chi connectivity index (χ2n) is 7.14. The van der Waals surface area contributed by atoms with Gasteiger partial charge in [0.15, 0.2) is 0 Å². The van der Waals surface area contributed by atoms with Crippen molar-refractivity contribution in [1.29, 1.82) is 0 Å². The SMILES string of the molecule is CCc1ccc(NC(=O)C2CC(=O)N(CCC3=CCCCC3)C2)cc1. The molecule has 1 aliphatic carbocycles. The molecule has 1 N–H and O–H groups in total. The van der Waals surface area contributed by atoms with Crippen LogP contribution in [-0.4, -0.2) is 29.8 Å². The van der Waals surface area contributed by atoms with Crippen LogP contribution in [-0.2, 0) is 16.0 Å². The Morgan fingerprint density at radius 1 is 1.24 bits per heavy atom. The molecule has 134 valence electrons. The number of hydrogen-bond donors (Lipinski definition) is 1. The molecule has 4 nitrogen and oxygen atoms in total. The van der Waals surface area contributed by atoms with E-state index < -0.39 is 0 Å². The predicted octanol–water partition coefficient (Wildman–Crippen LogP) is 3.93. The zero-order chi connectivity index (χ0) is 17.6. The average molecular weight is 340 g/mol. The van der Waals surface area contributed by atoms with Crippen LogP contribution in [0.1, 0.15) is 51.0 Å². The van der Waals surface area contributed by atoms with Crippen LogP contribution in [0.25, 0.3) is 0 Å². The van der Waals surface area contributed by atoms with Gasteiger partial charge in [0.05, 0.1) is 5.92 Å². The number of allylic oxidation sites excluding steroid dienone is 1. The normalized spacial score (nSPS) is 20.5. The van der Waals surface area contributed by atoms with Crippen LogP contribution in [0.15, 0.2) is 35.9 Å². The van der Waals surface area contributed by atoms with Gasteiger partial charge in [0.25, 0.3) is 0 Å². The van der Waals surface area contributed by atoms with Crippen molar-refractivity contribution in [2.45, 2.75) is 51.9 Å². The number of likely N-dealkylation sites (tertiary alicyclic amines) is 1. The van der Waals surface area contributed by atoms with E-state index in [2.05, 4.69) is 18.3 Å². The molecule has 1 heterocycles. The maximum atomic E-state index is 12.5. The number of nitrogens with zero attached hydrogens (tertiary/aromatic N) is 1. The first kappa shape index (κ1) is 17.7. The molecule has 1 aromatic carbocycles. The number of carbonyl (C=O) groups is 2. The first-order chi connectivity index (χ1) is 12.2. The molecule has 0 saturated carbocycles. The third-order valence-electron chi connectivity index (χ3n) is 5.30. The number of amides is 2. The smallest absolute Gasteiger partial charge is 0.229 e. The lowest BCUT2D eigenvalue weighted by Crippen LogP contribution is -2.29. The molecule has 2 amide bonds. The highest BCUT2D eigenvalue weighted by molar-refractivity contribution is 5.97. The van der Waals surface area contributed by atoms with E-state index in [9.17, 15) is 9.59 Å².